The van der Waals surface area contributed by atoms with Gasteiger partial charge in [0, 0.05) is 5.92 Å². The molecule has 0 spiro atoms. The summed E-state index contributed by atoms with van der Waals surface area (Å²) in [4.78, 5) is 0. The summed E-state index contributed by atoms with van der Waals surface area (Å²) in [7, 11) is 1.68. The number of hydrogen-bond acceptors (Lipinski definition) is 2. The molecule has 4 rings (SSSR count). The van der Waals surface area contributed by atoms with Gasteiger partial charge in [0.25, 0.3) is 0 Å². The Hall–Kier alpha value is -2.58. The number of hydrogen-bond donors (Lipinski definition) is 1. The molecule has 3 atom stereocenters. The predicted octanol–water partition coefficient (Wildman–Crippen LogP) is 4.85. The smallest absolute Gasteiger partial charge is 0.118 e. The van der Waals surface area contributed by atoms with E-state index in [9.17, 15) is 5.11 Å². The second kappa shape index (κ2) is 6.38. The van der Waals surface area contributed by atoms with Gasteiger partial charge in [0.05, 0.1) is 12.7 Å². The maximum Gasteiger partial charge on any atom is 0.118 e. The lowest BCUT2D eigenvalue weighted by molar-refractivity contribution is -0.0815. The van der Waals surface area contributed by atoms with Crippen LogP contribution in [0.2, 0.25) is 0 Å². The normalized spacial score (nSPS) is 25.2. The van der Waals surface area contributed by atoms with Gasteiger partial charge >= 0.3 is 0 Å². The van der Waals surface area contributed by atoms with E-state index in [2.05, 4.69) is 24.3 Å². The summed E-state index contributed by atoms with van der Waals surface area (Å²) in [5.41, 5.74) is 2.59. The van der Waals surface area contributed by atoms with Crippen molar-refractivity contribution in [2.24, 2.45) is 0 Å². The lowest BCUT2D eigenvalue weighted by Crippen LogP contribution is -2.48. The highest BCUT2D eigenvalue weighted by atomic mass is 16.5. The molecule has 0 unspecified atom stereocenters. The summed E-state index contributed by atoms with van der Waals surface area (Å²) in [6.45, 7) is 0. The van der Waals surface area contributed by atoms with Gasteiger partial charge in [0.1, 0.15) is 5.75 Å². The highest BCUT2D eigenvalue weighted by Crippen LogP contribution is 2.60. The van der Waals surface area contributed by atoms with Crippen LogP contribution in [0.5, 0.6) is 5.75 Å². The molecular weight excluding hydrogens is 308 g/mol. The Kier molecular flexibility index (Phi) is 4.06. The van der Waals surface area contributed by atoms with E-state index in [0.29, 0.717) is 5.92 Å². The molecule has 1 N–H and O–H groups in total. The van der Waals surface area contributed by atoms with E-state index in [0.717, 1.165) is 17.7 Å². The minimum Gasteiger partial charge on any atom is -0.497 e. The molecule has 0 bridgehead atoms. The summed E-state index contributed by atoms with van der Waals surface area (Å²) in [5.74, 6) is 1.20. The van der Waals surface area contributed by atoms with E-state index in [1.165, 1.54) is 11.1 Å². The second-order valence-electron chi connectivity index (χ2n) is 6.76. The molecule has 2 nitrogen and oxygen atoms in total. The third kappa shape index (κ3) is 2.73. The number of methoxy groups -OCH3 is 1. The molecule has 0 amide bonds. The maximum absolute atomic E-state index is 11.5. The molecule has 3 aromatic rings. The Morgan fingerprint density at radius 2 is 1.40 bits per heavy atom. The van der Waals surface area contributed by atoms with Crippen molar-refractivity contribution in [3.8, 4) is 5.75 Å². The summed E-state index contributed by atoms with van der Waals surface area (Å²) in [6.07, 6.45) is 0.725. The highest BCUT2D eigenvalue weighted by molar-refractivity contribution is 5.43. The van der Waals surface area contributed by atoms with Crippen LogP contribution in [0.15, 0.2) is 84.9 Å². The number of rotatable bonds is 4. The van der Waals surface area contributed by atoms with Gasteiger partial charge in [-0.25, -0.2) is 0 Å². The standard InChI is InChI=1S/C23H22O2/c1-25-20-14-12-17(13-15-20)21-16-23(24,19-10-6-3-7-11-19)22(21)18-8-4-2-5-9-18/h2-15,21-22,24H,16H2,1H3/t21-,22+,23-/m1/s1. The molecule has 1 aliphatic carbocycles. The van der Waals surface area contributed by atoms with Gasteiger partial charge in [-0.1, -0.05) is 72.8 Å². The van der Waals surface area contributed by atoms with Crippen LogP contribution in [-0.4, -0.2) is 12.2 Å². The van der Waals surface area contributed by atoms with Gasteiger partial charge in [-0.05, 0) is 41.2 Å². The van der Waals surface area contributed by atoms with E-state index >= 15 is 0 Å². The third-order valence-corrected chi connectivity index (χ3v) is 5.42. The lowest BCUT2D eigenvalue weighted by Gasteiger charge is -2.53. The fraction of sp³-hybridized carbons (Fsp3) is 0.217. The van der Waals surface area contributed by atoms with Crippen LogP contribution in [0.3, 0.4) is 0 Å². The minimum atomic E-state index is -0.826. The van der Waals surface area contributed by atoms with Crippen LogP contribution >= 0.6 is 0 Å². The highest BCUT2D eigenvalue weighted by Gasteiger charge is 2.54. The van der Waals surface area contributed by atoms with Crippen molar-refractivity contribution in [1.82, 2.24) is 0 Å². The fourth-order valence-electron chi connectivity index (χ4n) is 4.11. The van der Waals surface area contributed by atoms with Crippen LogP contribution in [0.4, 0.5) is 0 Å². The van der Waals surface area contributed by atoms with E-state index in [1.54, 1.807) is 7.11 Å². The monoisotopic (exact) mass is 330 g/mol. The van der Waals surface area contributed by atoms with Crippen molar-refractivity contribution in [3.05, 3.63) is 102 Å². The quantitative estimate of drug-likeness (QED) is 0.741. The Balaban J connectivity index is 1.74. The zero-order chi connectivity index (χ0) is 17.3. The molecule has 126 valence electrons. The fourth-order valence-corrected chi connectivity index (χ4v) is 4.11. The molecule has 0 saturated heterocycles. The molecule has 0 radical (unpaired) electrons. The summed E-state index contributed by atoms with van der Waals surface area (Å²) in [5, 5.41) is 11.5. The Labute approximate surface area is 148 Å². The van der Waals surface area contributed by atoms with Crippen LogP contribution in [0.1, 0.15) is 34.9 Å². The largest absolute Gasteiger partial charge is 0.497 e. The zero-order valence-electron chi connectivity index (χ0n) is 14.3. The third-order valence-electron chi connectivity index (χ3n) is 5.42. The van der Waals surface area contributed by atoms with Gasteiger partial charge in [-0.3, -0.25) is 0 Å². The SMILES string of the molecule is COc1ccc([C@H]2C[C@@](O)(c3ccccc3)[C@H]2c2ccccc2)cc1. The predicted molar refractivity (Wildman–Crippen MR) is 99.9 cm³/mol. The number of ether oxygens (including phenoxy) is 1. The molecule has 1 saturated carbocycles. The van der Waals surface area contributed by atoms with E-state index in [1.807, 2.05) is 60.7 Å². The van der Waals surface area contributed by atoms with Crippen LogP contribution < -0.4 is 4.74 Å². The van der Waals surface area contributed by atoms with Gasteiger partial charge in [-0.2, -0.15) is 0 Å². The van der Waals surface area contributed by atoms with E-state index in [-0.39, 0.29) is 5.92 Å². The first-order valence-corrected chi connectivity index (χ1v) is 8.69. The van der Waals surface area contributed by atoms with E-state index in [4.69, 9.17) is 4.74 Å². The molecule has 3 aromatic carbocycles. The van der Waals surface area contributed by atoms with Gasteiger partial charge in [0.15, 0.2) is 0 Å². The molecular formula is C23H22O2. The number of benzene rings is 3. The van der Waals surface area contributed by atoms with Crippen LogP contribution in [0.25, 0.3) is 0 Å². The van der Waals surface area contributed by atoms with Crippen LogP contribution in [-0.2, 0) is 5.60 Å². The molecule has 0 heterocycles. The molecule has 1 fully saturated rings. The summed E-state index contributed by atoms with van der Waals surface area (Å²) >= 11 is 0. The number of aliphatic hydroxyl groups is 1. The topological polar surface area (TPSA) is 29.5 Å². The minimum absolute atomic E-state index is 0.0458. The first kappa shape index (κ1) is 15.9. The van der Waals surface area contributed by atoms with E-state index < -0.39 is 5.60 Å². The molecule has 0 aromatic heterocycles. The van der Waals surface area contributed by atoms with Crippen LogP contribution in [0, 0.1) is 0 Å². The van der Waals surface area contributed by atoms with Crippen molar-refractivity contribution in [2.45, 2.75) is 23.9 Å². The van der Waals surface area contributed by atoms with Crippen molar-refractivity contribution in [2.75, 3.05) is 7.11 Å². The first-order chi connectivity index (χ1) is 12.2. The molecule has 1 aliphatic rings. The average molecular weight is 330 g/mol. The zero-order valence-corrected chi connectivity index (χ0v) is 14.3. The van der Waals surface area contributed by atoms with Crippen molar-refractivity contribution in [3.63, 3.8) is 0 Å². The Bertz CT molecular complexity index is 827. The Morgan fingerprint density at radius 1 is 0.800 bits per heavy atom. The van der Waals surface area contributed by atoms with Gasteiger partial charge in [-0.15, -0.1) is 0 Å². The van der Waals surface area contributed by atoms with Crippen molar-refractivity contribution in [1.29, 1.82) is 0 Å². The second-order valence-corrected chi connectivity index (χ2v) is 6.76. The molecule has 25 heavy (non-hydrogen) atoms. The van der Waals surface area contributed by atoms with Gasteiger partial charge < -0.3 is 9.84 Å². The lowest BCUT2D eigenvalue weighted by atomic mass is 9.54. The summed E-state index contributed by atoms with van der Waals surface area (Å²) in [6, 6.07) is 28.6. The average Bonchev–Trinajstić information content (AvgIpc) is 2.67. The maximum atomic E-state index is 11.5. The van der Waals surface area contributed by atoms with Crippen molar-refractivity contribution < 1.29 is 9.84 Å². The van der Waals surface area contributed by atoms with Crippen molar-refractivity contribution >= 4 is 0 Å². The molecule has 2 heteroatoms. The first-order valence-electron chi connectivity index (χ1n) is 8.69. The summed E-state index contributed by atoms with van der Waals surface area (Å²) < 4.78 is 5.27. The Morgan fingerprint density at radius 3 is 2.00 bits per heavy atom. The van der Waals surface area contributed by atoms with Gasteiger partial charge in [0.2, 0.25) is 0 Å². The molecule has 0 aliphatic heterocycles.